The first-order chi connectivity index (χ1) is 9.32. The number of nitrogens with zero attached hydrogens (tertiary/aromatic N) is 2. The maximum absolute atomic E-state index is 11.4. The molecular weight excluding hydrogens is 276 g/mol. The number of nitrogen functional groups attached to an aromatic ring is 1. The lowest BCUT2D eigenvalue weighted by atomic mass is 10.3. The Balaban J connectivity index is 2.31. The number of aryl methyl sites for hydroxylation is 2. The summed E-state index contributed by atoms with van der Waals surface area (Å²) in [5.41, 5.74) is 8.11. The lowest BCUT2D eigenvalue weighted by Gasteiger charge is -2.09. The first kappa shape index (κ1) is 14.4. The molecule has 1 aromatic heterocycles. The van der Waals surface area contributed by atoms with Gasteiger partial charge in [-0.25, -0.2) is 13.1 Å². The highest BCUT2D eigenvalue weighted by molar-refractivity contribution is 7.90. The van der Waals surface area contributed by atoms with E-state index in [9.17, 15) is 8.42 Å². The molecule has 0 fully saturated rings. The molecule has 0 spiro atoms. The van der Waals surface area contributed by atoms with E-state index in [0.717, 1.165) is 17.2 Å². The second-order valence-corrected chi connectivity index (χ2v) is 6.60. The summed E-state index contributed by atoms with van der Waals surface area (Å²) in [5, 5.41) is 7.49. The molecule has 20 heavy (non-hydrogen) atoms. The number of rotatable bonds is 4. The molecule has 0 aliphatic carbocycles. The van der Waals surface area contributed by atoms with Crippen molar-refractivity contribution in [3.63, 3.8) is 0 Å². The normalized spacial score (nSPS) is 11.6. The van der Waals surface area contributed by atoms with Gasteiger partial charge in [-0.2, -0.15) is 5.10 Å². The zero-order chi connectivity index (χ0) is 14.9. The number of nitrogens with one attached hydrogen (secondary N) is 1. The quantitative estimate of drug-likeness (QED) is 0.899. The molecule has 0 radical (unpaired) electrons. The van der Waals surface area contributed by atoms with Crippen LogP contribution in [0.25, 0.3) is 0 Å². The first-order valence-electron chi connectivity index (χ1n) is 6.23. The van der Waals surface area contributed by atoms with Crippen LogP contribution in [0.3, 0.4) is 0 Å². The van der Waals surface area contributed by atoms with Crippen LogP contribution in [0, 0.1) is 6.92 Å². The Morgan fingerprint density at radius 2 is 1.90 bits per heavy atom. The lowest BCUT2D eigenvalue weighted by Crippen LogP contribution is -2.04. The number of nitrogens with two attached hydrogens (primary N) is 1. The van der Waals surface area contributed by atoms with Crippen LogP contribution >= 0.6 is 0 Å². The largest absolute Gasteiger partial charge is 0.394 e. The van der Waals surface area contributed by atoms with Crippen LogP contribution in [0.4, 0.5) is 17.2 Å². The molecule has 0 saturated heterocycles. The first-order valence-corrected chi connectivity index (χ1v) is 8.12. The number of benzene rings is 1. The minimum Gasteiger partial charge on any atom is -0.394 e. The Kier molecular flexibility index (Phi) is 3.71. The summed E-state index contributed by atoms with van der Waals surface area (Å²) in [5.74, 6) is 0.720. The smallest absolute Gasteiger partial charge is 0.175 e. The maximum Gasteiger partial charge on any atom is 0.175 e. The summed E-state index contributed by atoms with van der Waals surface area (Å²) < 4.78 is 24.6. The third kappa shape index (κ3) is 2.77. The summed E-state index contributed by atoms with van der Waals surface area (Å²) in [7, 11) is -3.18. The van der Waals surface area contributed by atoms with Gasteiger partial charge in [-0.05, 0) is 38.1 Å². The van der Waals surface area contributed by atoms with Crippen molar-refractivity contribution in [2.75, 3.05) is 17.3 Å². The van der Waals surface area contributed by atoms with Crippen molar-refractivity contribution in [3.05, 3.63) is 30.0 Å². The van der Waals surface area contributed by atoms with E-state index in [1.54, 1.807) is 28.9 Å². The van der Waals surface area contributed by atoms with Gasteiger partial charge in [0.2, 0.25) is 0 Å². The molecule has 2 rings (SSSR count). The van der Waals surface area contributed by atoms with Crippen LogP contribution < -0.4 is 11.1 Å². The lowest BCUT2D eigenvalue weighted by molar-refractivity contribution is 0.602. The number of anilines is 3. The molecule has 0 aliphatic rings. The molecule has 0 amide bonds. The molecule has 0 saturated carbocycles. The van der Waals surface area contributed by atoms with Crippen molar-refractivity contribution in [2.45, 2.75) is 25.3 Å². The highest BCUT2D eigenvalue weighted by atomic mass is 32.2. The number of hydrogen-bond acceptors (Lipinski definition) is 5. The van der Waals surface area contributed by atoms with Crippen molar-refractivity contribution in [1.82, 2.24) is 9.78 Å². The van der Waals surface area contributed by atoms with Crippen molar-refractivity contribution >= 4 is 27.0 Å². The third-order valence-corrected chi connectivity index (χ3v) is 4.15. The third-order valence-electron chi connectivity index (χ3n) is 3.02. The molecule has 0 aliphatic heterocycles. The van der Waals surface area contributed by atoms with Crippen LogP contribution in [0.5, 0.6) is 0 Å². The molecule has 1 heterocycles. The maximum atomic E-state index is 11.4. The van der Waals surface area contributed by atoms with Crippen LogP contribution in [-0.2, 0) is 16.4 Å². The van der Waals surface area contributed by atoms with Crippen LogP contribution in [0.1, 0.15) is 12.6 Å². The molecule has 3 N–H and O–H groups in total. The van der Waals surface area contributed by atoms with Gasteiger partial charge in [-0.1, -0.05) is 0 Å². The van der Waals surface area contributed by atoms with Gasteiger partial charge in [-0.15, -0.1) is 0 Å². The zero-order valence-corrected chi connectivity index (χ0v) is 12.5. The van der Waals surface area contributed by atoms with Gasteiger partial charge in [0, 0.05) is 18.5 Å². The second kappa shape index (κ2) is 5.16. The predicted molar refractivity (Wildman–Crippen MR) is 79.9 cm³/mol. The summed E-state index contributed by atoms with van der Waals surface area (Å²) in [6.07, 6.45) is 1.18. The van der Waals surface area contributed by atoms with Crippen molar-refractivity contribution < 1.29 is 8.42 Å². The standard InChI is InChI=1S/C13H18N4O2S/c1-4-17-13(12(14)9(2)16-17)15-10-5-7-11(8-6-10)20(3,18)19/h5-8,15H,4,14H2,1-3H3. The minimum atomic E-state index is -3.18. The number of sulfone groups is 1. The average molecular weight is 294 g/mol. The molecule has 0 unspecified atom stereocenters. The van der Waals surface area contributed by atoms with Crippen LogP contribution in [0.15, 0.2) is 29.2 Å². The van der Waals surface area contributed by atoms with E-state index in [0.29, 0.717) is 12.2 Å². The van der Waals surface area contributed by atoms with Crippen molar-refractivity contribution in [1.29, 1.82) is 0 Å². The van der Waals surface area contributed by atoms with E-state index in [2.05, 4.69) is 10.4 Å². The topological polar surface area (TPSA) is 90.0 Å². The average Bonchev–Trinajstić information content (AvgIpc) is 2.66. The van der Waals surface area contributed by atoms with E-state index >= 15 is 0 Å². The molecule has 2 aromatic rings. The Labute approximate surface area is 118 Å². The SMILES string of the molecule is CCn1nc(C)c(N)c1Nc1ccc(S(C)(=O)=O)cc1. The van der Waals surface area contributed by atoms with Crippen molar-refractivity contribution in [3.8, 4) is 0 Å². The summed E-state index contributed by atoms with van der Waals surface area (Å²) >= 11 is 0. The van der Waals surface area contributed by atoms with Gasteiger partial charge in [0.25, 0.3) is 0 Å². The number of hydrogen-bond donors (Lipinski definition) is 2. The van der Waals surface area contributed by atoms with Gasteiger partial charge in [0.15, 0.2) is 15.7 Å². The number of aromatic nitrogens is 2. The molecular formula is C13H18N4O2S. The fourth-order valence-corrected chi connectivity index (χ4v) is 2.51. The summed E-state index contributed by atoms with van der Waals surface area (Å²) in [4.78, 5) is 0.288. The molecule has 0 atom stereocenters. The van der Waals surface area contributed by atoms with E-state index < -0.39 is 9.84 Å². The van der Waals surface area contributed by atoms with Crippen LogP contribution in [0.2, 0.25) is 0 Å². The van der Waals surface area contributed by atoms with Gasteiger partial charge in [0.1, 0.15) is 0 Å². The second-order valence-electron chi connectivity index (χ2n) is 4.58. The molecule has 108 valence electrons. The molecule has 0 bridgehead atoms. The monoisotopic (exact) mass is 294 g/mol. The highest BCUT2D eigenvalue weighted by Gasteiger charge is 2.12. The van der Waals surface area contributed by atoms with E-state index in [4.69, 9.17) is 5.73 Å². The highest BCUT2D eigenvalue weighted by Crippen LogP contribution is 2.26. The van der Waals surface area contributed by atoms with E-state index in [1.165, 1.54) is 6.26 Å². The van der Waals surface area contributed by atoms with Crippen LogP contribution in [-0.4, -0.2) is 24.5 Å². The molecule has 1 aromatic carbocycles. The molecule has 6 nitrogen and oxygen atoms in total. The Hall–Kier alpha value is -2.02. The Morgan fingerprint density at radius 1 is 1.30 bits per heavy atom. The van der Waals surface area contributed by atoms with Crippen molar-refractivity contribution in [2.24, 2.45) is 0 Å². The van der Waals surface area contributed by atoms with Gasteiger partial charge < -0.3 is 11.1 Å². The summed E-state index contributed by atoms with van der Waals surface area (Å²) in [6.45, 7) is 4.52. The summed E-state index contributed by atoms with van der Waals surface area (Å²) in [6, 6.07) is 6.54. The fraction of sp³-hybridized carbons (Fsp3) is 0.308. The Bertz CT molecular complexity index is 718. The van der Waals surface area contributed by atoms with Gasteiger partial charge in [-0.3, -0.25) is 0 Å². The molecule has 7 heteroatoms. The van der Waals surface area contributed by atoms with E-state index in [-0.39, 0.29) is 4.90 Å². The van der Waals surface area contributed by atoms with Gasteiger partial charge >= 0.3 is 0 Å². The zero-order valence-electron chi connectivity index (χ0n) is 11.7. The van der Waals surface area contributed by atoms with E-state index in [1.807, 2.05) is 13.8 Å². The fourth-order valence-electron chi connectivity index (χ4n) is 1.88. The predicted octanol–water partition coefficient (Wildman–Crippen LogP) is 1.94. The minimum absolute atomic E-state index is 0.288. The van der Waals surface area contributed by atoms with Gasteiger partial charge in [0.05, 0.1) is 16.3 Å². The Morgan fingerprint density at radius 3 is 2.40 bits per heavy atom.